The molecule has 4 nitrogen and oxygen atoms in total. The normalized spacial score (nSPS) is 47.4. The summed E-state index contributed by atoms with van der Waals surface area (Å²) in [6.07, 6.45) is 12.5. The van der Waals surface area contributed by atoms with Gasteiger partial charge in [0, 0.05) is 6.42 Å². The molecule has 0 saturated heterocycles. The summed E-state index contributed by atoms with van der Waals surface area (Å²) in [7, 11) is 0. The minimum atomic E-state index is -0.652. The van der Waals surface area contributed by atoms with Gasteiger partial charge in [-0.25, -0.2) is 0 Å². The Morgan fingerprint density at radius 1 is 1.07 bits per heavy atom. The van der Waals surface area contributed by atoms with Crippen LogP contribution in [-0.2, 0) is 14.3 Å². The van der Waals surface area contributed by atoms with Crippen molar-refractivity contribution in [1.29, 1.82) is 0 Å². The summed E-state index contributed by atoms with van der Waals surface area (Å²) in [5.74, 6) is 3.75. The molecule has 0 heterocycles. The lowest BCUT2D eigenvalue weighted by atomic mass is 9.44. The van der Waals surface area contributed by atoms with Crippen LogP contribution < -0.4 is 0 Å². The molecular formula is C25H40O4. The molecule has 29 heavy (non-hydrogen) atoms. The molecule has 0 unspecified atom stereocenters. The Kier molecular flexibility index (Phi) is 5.76. The number of hydrogen-bond donors (Lipinski definition) is 1. The Balaban J connectivity index is 1.48. The number of hydrogen-bond acceptors (Lipinski definition) is 3. The van der Waals surface area contributed by atoms with Crippen molar-refractivity contribution in [3.05, 3.63) is 0 Å². The van der Waals surface area contributed by atoms with Gasteiger partial charge in [-0.05, 0) is 111 Å². The number of ether oxygens (including phenoxy) is 1. The lowest BCUT2D eigenvalue weighted by Gasteiger charge is -2.61. The van der Waals surface area contributed by atoms with Crippen molar-refractivity contribution in [3.8, 4) is 0 Å². The van der Waals surface area contributed by atoms with E-state index in [1.807, 2.05) is 0 Å². The van der Waals surface area contributed by atoms with Gasteiger partial charge in [0.05, 0.1) is 0 Å². The van der Waals surface area contributed by atoms with Gasteiger partial charge in [0.1, 0.15) is 6.10 Å². The van der Waals surface area contributed by atoms with Gasteiger partial charge in [-0.15, -0.1) is 0 Å². The summed E-state index contributed by atoms with van der Waals surface area (Å²) in [5.41, 5.74) is 0.820. The Morgan fingerprint density at radius 2 is 1.79 bits per heavy atom. The highest BCUT2D eigenvalue weighted by Gasteiger charge is 2.60. The molecule has 4 aliphatic rings. The Labute approximate surface area is 176 Å². The summed E-state index contributed by atoms with van der Waals surface area (Å²) in [4.78, 5) is 21.9. The first-order valence-corrected chi connectivity index (χ1v) is 12.1. The second-order valence-corrected chi connectivity index (χ2v) is 11.4. The number of aliphatic carboxylic acids is 1. The summed E-state index contributed by atoms with van der Waals surface area (Å²) < 4.78 is 5.36. The van der Waals surface area contributed by atoms with Gasteiger partial charge in [-0.2, -0.15) is 0 Å². The predicted octanol–water partition coefficient (Wildman–Crippen LogP) is 5.69. The fourth-order valence-corrected chi connectivity index (χ4v) is 8.95. The number of carboxylic acids is 1. The zero-order chi connectivity index (χ0) is 20.8. The zero-order valence-corrected chi connectivity index (χ0v) is 18.6. The minimum Gasteiger partial charge on any atom is -0.481 e. The maximum Gasteiger partial charge on any atom is 0.303 e. The van der Waals surface area contributed by atoms with Crippen LogP contribution in [0.4, 0.5) is 0 Å². The molecule has 0 spiro atoms. The van der Waals surface area contributed by atoms with Gasteiger partial charge >= 0.3 is 5.97 Å². The highest BCUT2D eigenvalue weighted by atomic mass is 16.5. The molecule has 9 atom stereocenters. The van der Waals surface area contributed by atoms with Crippen molar-refractivity contribution in [2.75, 3.05) is 0 Å². The molecule has 0 aromatic carbocycles. The van der Waals surface area contributed by atoms with Gasteiger partial charge in [0.2, 0.25) is 0 Å². The molecule has 0 bridgehead atoms. The second kappa shape index (κ2) is 7.89. The first kappa shape index (κ1) is 21.2. The number of carbonyl (C=O) groups excluding carboxylic acids is 1. The van der Waals surface area contributed by atoms with Crippen molar-refractivity contribution >= 4 is 12.4 Å². The van der Waals surface area contributed by atoms with Gasteiger partial charge < -0.3 is 9.84 Å². The quantitative estimate of drug-likeness (QED) is 0.578. The highest BCUT2D eigenvalue weighted by Crippen LogP contribution is 2.68. The molecule has 4 aliphatic carbocycles. The Morgan fingerprint density at radius 3 is 2.52 bits per heavy atom. The fraction of sp³-hybridized carbons (Fsp3) is 0.920. The molecule has 4 rings (SSSR count). The maximum atomic E-state index is 11.1. The van der Waals surface area contributed by atoms with Crippen molar-refractivity contribution < 1.29 is 19.4 Å². The smallest absolute Gasteiger partial charge is 0.303 e. The Bertz CT molecular complexity index is 632. The molecule has 4 saturated carbocycles. The highest BCUT2D eigenvalue weighted by molar-refractivity contribution is 5.66. The third-order valence-corrected chi connectivity index (χ3v) is 10.4. The van der Waals surface area contributed by atoms with Crippen molar-refractivity contribution in [1.82, 2.24) is 0 Å². The van der Waals surface area contributed by atoms with Gasteiger partial charge in [-0.1, -0.05) is 20.8 Å². The van der Waals surface area contributed by atoms with E-state index in [1.54, 1.807) is 0 Å². The minimum absolute atomic E-state index is 0.141. The fourth-order valence-electron chi connectivity index (χ4n) is 8.95. The lowest BCUT2D eigenvalue weighted by Crippen LogP contribution is -2.54. The van der Waals surface area contributed by atoms with E-state index in [0.717, 1.165) is 37.0 Å². The van der Waals surface area contributed by atoms with Crippen LogP contribution in [0.15, 0.2) is 0 Å². The SMILES string of the molecule is C[C@H](CCC(=O)O)[C@H]1CC[C@H]2[C@H]3CC[C@@H]4C[C@H](OC=O)CC[C@]4(C)[C@@H]3CC[C@]12C. The third kappa shape index (κ3) is 3.53. The van der Waals surface area contributed by atoms with Crippen molar-refractivity contribution in [3.63, 3.8) is 0 Å². The average Bonchev–Trinajstić information content (AvgIpc) is 3.04. The first-order chi connectivity index (χ1) is 13.8. The monoisotopic (exact) mass is 404 g/mol. The van der Waals surface area contributed by atoms with Crippen LogP contribution in [0.3, 0.4) is 0 Å². The number of carbonyl (C=O) groups is 2. The van der Waals surface area contributed by atoms with Crippen LogP contribution in [0.2, 0.25) is 0 Å². The van der Waals surface area contributed by atoms with Gasteiger partial charge in [0.15, 0.2) is 0 Å². The van der Waals surface area contributed by atoms with E-state index >= 15 is 0 Å². The van der Waals surface area contributed by atoms with E-state index in [1.165, 1.54) is 44.9 Å². The standard InChI is InChI=1S/C25H40O4/c1-16(4-9-23(27)28)20-7-8-21-19-6-5-17-14-18(29-15-26)10-12-24(17,2)22(19)11-13-25(20,21)3/h15-22H,4-14H2,1-3H3,(H,27,28)/t16-,17-,18-,19-,20-,21+,22-,24+,25-/m1/s1. The topological polar surface area (TPSA) is 63.6 Å². The van der Waals surface area contributed by atoms with Crippen LogP contribution in [-0.4, -0.2) is 23.7 Å². The van der Waals surface area contributed by atoms with Gasteiger partial charge in [-0.3, -0.25) is 9.59 Å². The maximum absolute atomic E-state index is 11.1. The number of fused-ring (bicyclic) bond motifs is 5. The van der Waals surface area contributed by atoms with Crippen molar-refractivity contribution in [2.24, 2.45) is 46.3 Å². The Hall–Kier alpha value is -1.06. The summed E-state index contributed by atoms with van der Waals surface area (Å²) in [6.45, 7) is 8.05. The second-order valence-electron chi connectivity index (χ2n) is 11.4. The van der Waals surface area contributed by atoms with Crippen LogP contribution in [0, 0.1) is 46.3 Å². The summed E-state index contributed by atoms with van der Waals surface area (Å²) >= 11 is 0. The molecule has 1 N–H and O–H groups in total. The molecule has 4 heteroatoms. The van der Waals surface area contributed by atoms with Crippen LogP contribution in [0.5, 0.6) is 0 Å². The molecule has 0 aromatic heterocycles. The van der Waals surface area contributed by atoms with Crippen molar-refractivity contribution in [2.45, 2.75) is 97.5 Å². The molecule has 4 fully saturated rings. The van der Waals surface area contributed by atoms with E-state index in [2.05, 4.69) is 20.8 Å². The molecule has 0 amide bonds. The first-order valence-electron chi connectivity index (χ1n) is 12.1. The molecule has 164 valence electrons. The van der Waals surface area contributed by atoms with Gasteiger partial charge in [0.25, 0.3) is 6.47 Å². The van der Waals surface area contributed by atoms with Crippen LogP contribution in [0.1, 0.15) is 91.4 Å². The summed E-state index contributed by atoms with van der Waals surface area (Å²) in [6, 6.07) is 0. The van der Waals surface area contributed by atoms with E-state index in [9.17, 15) is 9.59 Å². The van der Waals surface area contributed by atoms with Crippen LogP contribution >= 0.6 is 0 Å². The summed E-state index contributed by atoms with van der Waals surface area (Å²) in [5, 5.41) is 9.12. The van der Waals surface area contributed by atoms with E-state index in [0.29, 0.717) is 41.5 Å². The van der Waals surface area contributed by atoms with E-state index in [4.69, 9.17) is 9.84 Å². The molecular weight excluding hydrogens is 364 g/mol. The van der Waals surface area contributed by atoms with E-state index < -0.39 is 5.97 Å². The zero-order valence-electron chi connectivity index (χ0n) is 18.6. The lowest BCUT2D eigenvalue weighted by molar-refractivity contribution is -0.151. The van der Waals surface area contributed by atoms with E-state index in [-0.39, 0.29) is 6.10 Å². The van der Waals surface area contributed by atoms with Crippen LogP contribution in [0.25, 0.3) is 0 Å². The third-order valence-electron chi connectivity index (χ3n) is 10.4. The molecule has 0 radical (unpaired) electrons. The molecule has 0 aromatic rings. The average molecular weight is 405 g/mol. The predicted molar refractivity (Wildman–Crippen MR) is 112 cm³/mol. The number of carboxylic acid groups (broad SMARTS) is 1. The largest absolute Gasteiger partial charge is 0.481 e. The molecule has 0 aliphatic heterocycles. The number of rotatable bonds is 6.